The third-order valence-corrected chi connectivity index (χ3v) is 4.22. The summed E-state index contributed by atoms with van der Waals surface area (Å²) in [5.41, 5.74) is 3.49. The van der Waals surface area contributed by atoms with Gasteiger partial charge >= 0.3 is 0 Å². The smallest absolute Gasteiger partial charge is 0.0889 e. The van der Waals surface area contributed by atoms with E-state index < -0.39 is 0 Å². The number of nitrogens with zero attached hydrogens (tertiary/aromatic N) is 2. The minimum atomic E-state index is 0.443. The molecule has 0 fully saturated rings. The molecule has 0 amide bonds. The molecule has 30 heavy (non-hydrogen) atoms. The van der Waals surface area contributed by atoms with Gasteiger partial charge in [0.25, 0.3) is 0 Å². The average Bonchev–Trinajstić information content (AvgIpc) is 2.77. The molecule has 8 heteroatoms. The van der Waals surface area contributed by atoms with Gasteiger partial charge in [-0.3, -0.25) is 9.97 Å². The van der Waals surface area contributed by atoms with Crippen LogP contribution in [0.1, 0.15) is 22.8 Å². The Bertz CT molecular complexity index is 618. The highest BCUT2D eigenvalue weighted by Gasteiger charge is 2.02. The van der Waals surface area contributed by atoms with Crippen LogP contribution < -0.4 is 0 Å². The minimum Gasteiger partial charge on any atom is -0.377 e. The molecule has 0 aromatic carbocycles. The lowest BCUT2D eigenvalue weighted by Gasteiger charge is -2.10. The lowest BCUT2D eigenvalue weighted by atomic mass is 10.3. The SMILES string of the molecule is c1cc2nc(c1)COCCOCCOCc1cccc(n1)COCCOCCOC2. The molecule has 0 N–H and O–H groups in total. The number of ether oxygens (including phenoxy) is 6. The van der Waals surface area contributed by atoms with E-state index in [-0.39, 0.29) is 0 Å². The van der Waals surface area contributed by atoms with Gasteiger partial charge in [0, 0.05) is 0 Å². The van der Waals surface area contributed by atoms with E-state index in [0.29, 0.717) is 79.3 Å². The van der Waals surface area contributed by atoms with Crippen LogP contribution in [-0.4, -0.2) is 62.8 Å². The molecule has 1 aliphatic rings. The predicted octanol–water partition coefficient (Wildman–Crippen LogP) is 2.29. The van der Waals surface area contributed by atoms with Gasteiger partial charge in [-0.25, -0.2) is 0 Å². The van der Waals surface area contributed by atoms with Gasteiger partial charge in [-0.2, -0.15) is 0 Å². The Labute approximate surface area is 177 Å². The Morgan fingerprint density at radius 3 is 0.967 bits per heavy atom. The van der Waals surface area contributed by atoms with Gasteiger partial charge in [0.1, 0.15) is 0 Å². The second-order valence-corrected chi connectivity index (χ2v) is 6.68. The molecule has 0 aliphatic carbocycles. The van der Waals surface area contributed by atoms with Crippen molar-refractivity contribution in [2.75, 3.05) is 52.9 Å². The summed E-state index contributed by atoms with van der Waals surface area (Å²) < 4.78 is 33.6. The lowest BCUT2D eigenvalue weighted by molar-refractivity contribution is 0.00330. The van der Waals surface area contributed by atoms with Gasteiger partial charge < -0.3 is 28.4 Å². The zero-order valence-corrected chi connectivity index (χ0v) is 17.3. The predicted molar refractivity (Wildman–Crippen MR) is 109 cm³/mol. The average molecular weight is 418 g/mol. The van der Waals surface area contributed by atoms with E-state index in [1.807, 2.05) is 36.4 Å². The van der Waals surface area contributed by atoms with Crippen molar-refractivity contribution in [1.29, 1.82) is 0 Å². The van der Waals surface area contributed by atoms with Crippen molar-refractivity contribution in [2.24, 2.45) is 0 Å². The molecule has 0 spiro atoms. The normalized spacial score (nSPS) is 18.9. The third kappa shape index (κ3) is 9.25. The molecule has 0 atom stereocenters. The van der Waals surface area contributed by atoms with E-state index in [9.17, 15) is 0 Å². The molecule has 3 rings (SSSR count). The topological polar surface area (TPSA) is 81.2 Å². The molecule has 3 heterocycles. The molecule has 0 radical (unpaired) electrons. The first-order valence-electron chi connectivity index (χ1n) is 10.3. The van der Waals surface area contributed by atoms with Crippen molar-refractivity contribution < 1.29 is 28.4 Å². The van der Waals surface area contributed by atoms with E-state index in [1.165, 1.54) is 0 Å². The number of pyridine rings is 2. The first-order valence-corrected chi connectivity index (χ1v) is 10.3. The first-order chi connectivity index (χ1) is 14.9. The highest BCUT2D eigenvalue weighted by atomic mass is 16.5. The standard InChI is InChI=1S/C22H30N2O6/c1-3-19-15-27-11-7-25-9-13-29-17-21-5-2-6-22(24-21)18-30-14-10-26-8-12-28-16-20(4-1)23-19/h1-6H,7-18H2. The Morgan fingerprint density at radius 2 is 0.667 bits per heavy atom. The maximum Gasteiger partial charge on any atom is 0.0889 e. The Hall–Kier alpha value is -1.94. The zero-order valence-electron chi connectivity index (χ0n) is 17.3. The fourth-order valence-electron chi connectivity index (χ4n) is 2.76. The summed E-state index contributed by atoms with van der Waals surface area (Å²) in [6.45, 7) is 5.83. The number of rotatable bonds is 0. The van der Waals surface area contributed by atoms with Crippen LogP contribution in [0.15, 0.2) is 36.4 Å². The van der Waals surface area contributed by atoms with Crippen molar-refractivity contribution in [3.8, 4) is 0 Å². The fraction of sp³-hybridized carbons (Fsp3) is 0.545. The molecule has 8 nitrogen and oxygen atoms in total. The van der Waals surface area contributed by atoms with E-state index in [0.717, 1.165) is 22.8 Å². The van der Waals surface area contributed by atoms with Crippen LogP contribution in [0.3, 0.4) is 0 Å². The van der Waals surface area contributed by atoms with Crippen molar-refractivity contribution >= 4 is 0 Å². The highest BCUT2D eigenvalue weighted by Crippen LogP contribution is 2.05. The van der Waals surface area contributed by atoms with E-state index >= 15 is 0 Å². The van der Waals surface area contributed by atoms with Gasteiger partial charge in [0.2, 0.25) is 0 Å². The lowest BCUT2D eigenvalue weighted by Crippen LogP contribution is -2.11. The van der Waals surface area contributed by atoms with E-state index in [4.69, 9.17) is 28.4 Å². The quantitative estimate of drug-likeness (QED) is 0.645. The van der Waals surface area contributed by atoms with Crippen LogP contribution in [0.2, 0.25) is 0 Å². The summed E-state index contributed by atoms with van der Waals surface area (Å²) in [5.74, 6) is 0. The van der Waals surface area contributed by atoms with E-state index in [2.05, 4.69) is 9.97 Å². The van der Waals surface area contributed by atoms with Gasteiger partial charge in [0.05, 0.1) is 102 Å². The summed E-state index contributed by atoms with van der Waals surface area (Å²) in [4.78, 5) is 9.08. The van der Waals surface area contributed by atoms with Crippen LogP contribution in [0.25, 0.3) is 0 Å². The first kappa shape index (κ1) is 22.7. The number of hydrogen-bond donors (Lipinski definition) is 0. The van der Waals surface area contributed by atoms with E-state index in [1.54, 1.807) is 0 Å². The largest absolute Gasteiger partial charge is 0.377 e. The third-order valence-electron chi connectivity index (χ3n) is 4.22. The summed E-state index contributed by atoms with van der Waals surface area (Å²) in [7, 11) is 0. The molecular weight excluding hydrogens is 388 g/mol. The van der Waals surface area contributed by atoms with Crippen molar-refractivity contribution in [2.45, 2.75) is 26.4 Å². The maximum absolute atomic E-state index is 5.63. The Morgan fingerprint density at radius 1 is 0.400 bits per heavy atom. The molecule has 2 aromatic rings. The Balaban J connectivity index is 1.45. The number of hydrogen-bond acceptors (Lipinski definition) is 8. The van der Waals surface area contributed by atoms with Crippen LogP contribution in [0, 0.1) is 0 Å². The summed E-state index contributed by atoms with van der Waals surface area (Å²) in [6, 6.07) is 11.7. The molecule has 1 aliphatic heterocycles. The molecular formula is C22H30N2O6. The zero-order chi connectivity index (χ0) is 20.7. The number of aromatic nitrogens is 2. The van der Waals surface area contributed by atoms with Crippen molar-refractivity contribution in [3.63, 3.8) is 0 Å². The van der Waals surface area contributed by atoms with Gasteiger partial charge in [0.15, 0.2) is 0 Å². The summed E-state index contributed by atoms with van der Waals surface area (Å²) in [5, 5.41) is 0. The van der Waals surface area contributed by atoms with Crippen LogP contribution in [0.4, 0.5) is 0 Å². The minimum absolute atomic E-state index is 0.443. The van der Waals surface area contributed by atoms with Crippen LogP contribution in [-0.2, 0) is 54.8 Å². The molecule has 0 saturated heterocycles. The molecule has 0 saturated carbocycles. The van der Waals surface area contributed by atoms with Gasteiger partial charge in [-0.05, 0) is 24.3 Å². The fourth-order valence-corrected chi connectivity index (χ4v) is 2.76. The second-order valence-electron chi connectivity index (χ2n) is 6.68. The molecule has 2 aromatic heterocycles. The molecule has 4 bridgehead atoms. The molecule has 164 valence electrons. The summed E-state index contributed by atoms with van der Waals surface area (Å²) >= 11 is 0. The van der Waals surface area contributed by atoms with Crippen molar-refractivity contribution in [3.05, 3.63) is 59.2 Å². The summed E-state index contributed by atoms with van der Waals surface area (Å²) in [6.07, 6.45) is 0. The van der Waals surface area contributed by atoms with Crippen LogP contribution >= 0.6 is 0 Å². The van der Waals surface area contributed by atoms with Crippen molar-refractivity contribution in [1.82, 2.24) is 9.97 Å². The van der Waals surface area contributed by atoms with Gasteiger partial charge in [-0.15, -0.1) is 0 Å². The molecule has 0 unspecified atom stereocenters. The highest BCUT2D eigenvalue weighted by molar-refractivity contribution is 5.10. The monoisotopic (exact) mass is 418 g/mol. The van der Waals surface area contributed by atoms with Gasteiger partial charge in [-0.1, -0.05) is 12.1 Å². The van der Waals surface area contributed by atoms with Crippen LogP contribution in [0.5, 0.6) is 0 Å². The Kier molecular flexibility index (Phi) is 10.7. The number of fused-ring (bicyclic) bond motifs is 4. The second kappa shape index (κ2) is 14.1. The maximum atomic E-state index is 5.63.